The molecular weight excluding hydrogens is 248 g/mol. The highest BCUT2D eigenvalue weighted by Crippen LogP contribution is 2.21. The third-order valence-corrected chi connectivity index (χ3v) is 4.49. The van der Waals surface area contributed by atoms with E-state index in [2.05, 4.69) is 9.71 Å². The van der Waals surface area contributed by atoms with Gasteiger partial charge in [-0.15, -0.1) is 0 Å². The Labute approximate surface area is 101 Å². The number of rotatable bonds is 4. The Morgan fingerprint density at radius 1 is 1.50 bits per heavy atom. The molecule has 0 atom stereocenters. The highest BCUT2D eigenvalue weighted by atomic mass is 35.5. The quantitative estimate of drug-likeness (QED) is 0.905. The molecule has 0 aliphatic heterocycles. The van der Waals surface area contributed by atoms with Crippen molar-refractivity contribution in [2.75, 3.05) is 0 Å². The van der Waals surface area contributed by atoms with Crippen molar-refractivity contribution < 1.29 is 8.42 Å². The molecule has 0 saturated heterocycles. The monoisotopic (exact) mass is 262 g/mol. The lowest BCUT2D eigenvalue weighted by Crippen LogP contribution is -2.42. The van der Waals surface area contributed by atoms with Gasteiger partial charge in [0.1, 0.15) is 4.90 Å². The molecule has 1 aromatic rings. The van der Waals surface area contributed by atoms with Crippen LogP contribution in [0.5, 0.6) is 0 Å². The molecule has 0 bridgehead atoms. The van der Waals surface area contributed by atoms with Crippen LogP contribution in [-0.2, 0) is 10.0 Å². The topological polar surface area (TPSA) is 59.1 Å². The summed E-state index contributed by atoms with van der Waals surface area (Å²) in [6, 6.07) is 1.45. The summed E-state index contributed by atoms with van der Waals surface area (Å²) in [6.07, 6.45) is 3.38. The van der Waals surface area contributed by atoms with E-state index in [0.29, 0.717) is 6.42 Å². The predicted molar refractivity (Wildman–Crippen MR) is 63.9 cm³/mol. The fourth-order valence-corrected chi connectivity index (χ4v) is 2.97. The molecule has 4 nitrogen and oxygen atoms in total. The second-order valence-electron chi connectivity index (χ2n) is 4.15. The normalized spacial score (nSPS) is 12.8. The third kappa shape index (κ3) is 3.17. The van der Waals surface area contributed by atoms with Crippen LogP contribution in [-0.4, -0.2) is 18.9 Å². The first-order chi connectivity index (χ1) is 7.28. The SMILES string of the molecule is CCC(C)(C)NS(=O)(=O)c1cnccc1Cl. The maximum Gasteiger partial charge on any atom is 0.244 e. The Morgan fingerprint density at radius 2 is 2.12 bits per heavy atom. The summed E-state index contributed by atoms with van der Waals surface area (Å²) < 4.78 is 26.6. The van der Waals surface area contributed by atoms with Crippen LogP contribution in [0.1, 0.15) is 27.2 Å². The van der Waals surface area contributed by atoms with Gasteiger partial charge in [-0.1, -0.05) is 18.5 Å². The molecule has 6 heteroatoms. The van der Waals surface area contributed by atoms with E-state index in [9.17, 15) is 8.42 Å². The second-order valence-corrected chi connectivity index (χ2v) is 6.21. The summed E-state index contributed by atoms with van der Waals surface area (Å²) in [7, 11) is -3.61. The van der Waals surface area contributed by atoms with E-state index in [4.69, 9.17) is 11.6 Å². The Balaban J connectivity index is 3.09. The Kier molecular flexibility index (Phi) is 3.93. The molecule has 1 N–H and O–H groups in total. The standard InChI is InChI=1S/C10H15ClN2O2S/c1-4-10(2,3)13-16(14,15)9-7-12-6-5-8(9)11/h5-7,13H,4H2,1-3H3. The summed E-state index contributed by atoms with van der Waals surface area (Å²) in [6.45, 7) is 5.54. The highest BCUT2D eigenvalue weighted by Gasteiger charge is 2.26. The summed E-state index contributed by atoms with van der Waals surface area (Å²) in [5, 5.41) is 0.175. The lowest BCUT2D eigenvalue weighted by atomic mass is 10.0. The molecule has 0 aliphatic rings. The van der Waals surface area contributed by atoms with E-state index in [1.807, 2.05) is 20.8 Å². The molecule has 0 fully saturated rings. The first-order valence-corrected chi connectivity index (χ1v) is 6.78. The van der Waals surface area contributed by atoms with Gasteiger partial charge in [0.15, 0.2) is 0 Å². The number of aromatic nitrogens is 1. The van der Waals surface area contributed by atoms with Crippen LogP contribution < -0.4 is 4.72 Å². The van der Waals surface area contributed by atoms with Crippen molar-refractivity contribution in [1.82, 2.24) is 9.71 Å². The van der Waals surface area contributed by atoms with Gasteiger partial charge in [-0.3, -0.25) is 4.98 Å². The van der Waals surface area contributed by atoms with Crippen LogP contribution in [0.3, 0.4) is 0 Å². The van der Waals surface area contributed by atoms with Crippen LogP contribution in [0, 0.1) is 0 Å². The van der Waals surface area contributed by atoms with Crippen molar-refractivity contribution in [1.29, 1.82) is 0 Å². The summed E-state index contributed by atoms with van der Waals surface area (Å²) in [4.78, 5) is 3.78. The molecule has 0 spiro atoms. The zero-order valence-electron chi connectivity index (χ0n) is 9.49. The van der Waals surface area contributed by atoms with E-state index in [1.165, 1.54) is 18.5 Å². The fraction of sp³-hybridized carbons (Fsp3) is 0.500. The number of sulfonamides is 1. The zero-order valence-corrected chi connectivity index (χ0v) is 11.1. The van der Waals surface area contributed by atoms with Crippen molar-refractivity contribution in [3.05, 3.63) is 23.5 Å². The molecule has 16 heavy (non-hydrogen) atoms. The van der Waals surface area contributed by atoms with Gasteiger partial charge in [0, 0.05) is 17.9 Å². The Morgan fingerprint density at radius 3 is 2.62 bits per heavy atom. The van der Waals surface area contributed by atoms with E-state index in [-0.39, 0.29) is 9.92 Å². The minimum atomic E-state index is -3.61. The average Bonchev–Trinajstić information content (AvgIpc) is 2.16. The molecule has 0 saturated carbocycles. The van der Waals surface area contributed by atoms with Crippen LogP contribution in [0.4, 0.5) is 0 Å². The molecule has 0 aliphatic carbocycles. The van der Waals surface area contributed by atoms with Crippen LogP contribution in [0.25, 0.3) is 0 Å². The minimum absolute atomic E-state index is 0.0122. The van der Waals surface area contributed by atoms with Gasteiger partial charge in [-0.05, 0) is 26.3 Å². The van der Waals surface area contributed by atoms with Gasteiger partial charge in [0.2, 0.25) is 10.0 Å². The van der Waals surface area contributed by atoms with E-state index in [0.717, 1.165) is 0 Å². The number of halogens is 1. The first-order valence-electron chi connectivity index (χ1n) is 4.92. The van der Waals surface area contributed by atoms with Gasteiger partial charge < -0.3 is 0 Å². The Hall–Kier alpha value is -0.650. The van der Waals surface area contributed by atoms with Gasteiger partial charge >= 0.3 is 0 Å². The van der Waals surface area contributed by atoms with Crippen molar-refractivity contribution in [2.24, 2.45) is 0 Å². The largest absolute Gasteiger partial charge is 0.263 e. The molecule has 90 valence electrons. The maximum absolute atomic E-state index is 12.0. The molecule has 1 rings (SSSR count). The summed E-state index contributed by atoms with van der Waals surface area (Å²) in [5.41, 5.74) is -0.502. The third-order valence-electron chi connectivity index (χ3n) is 2.32. The number of hydrogen-bond acceptors (Lipinski definition) is 3. The summed E-state index contributed by atoms with van der Waals surface area (Å²) in [5.74, 6) is 0. The van der Waals surface area contributed by atoms with Gasteiger partial charge in [-0.25, -0.2) is 13.1 Å². The van der Waals surface area contributed by atoms with Crippen molar-refractivity contribution in [3.8, 4) is 0 Å². The molecule has 0 radical (unpaired) electrons. The van der Waals surface area contributed by atoms with Gasteiger partial charge in [0.05, 0.1) is 5.02 Å². The smallest absolute Gasteiger partial charge is 0.244 e. The molecule has 0 amide bonds. The Bertz CT molecular complexity index is 471. The highest BCUT2D eigenvalue weighted by molar-refractivity contribution is 7.89. The van der Waals surface area contributed by atoms with Crippen LogP contribution in [0.2, 0.25) is 5.02 Å². The van der Waals surface area contributed by atoms with E-state index < -0.39 is 15.6 Å². The lowest BCUT2D eigenvalue weighted by Gasteiger charge is -2.24. The average molecular weight is 263 g/mol. The van der Waals surface area contributed by atoms with Crippen molar-refractivity contribution in [3.63, 3.8) is 0 Å². The number of nitrogens with zero attached hydrogens (tertiary/aromatic N) is 1. The second kappa shape index (κ2) is 4.69. The van der Waals surface area contributed by atoms with E-state index in [1.54, 1.807) is 0 Å². The van der Waals surface area contributed by atoms with Gasteiger partial charge in [0.25, 0.3) is 0 Å². The minimum Gasteiger partial charge on any atom is -0.263 e. The van der Waals surface area contributed by atoms with E-state index >= 15 is 0 Å². The molecule has 1 heterocycles. The lowest BCUT2D eigenvalue weighted by molar-refractivity contribution is 0.439. The maximum atomic E-state index is 12.0. The number of pyridine rings is 1. The molecular formula is C10H15ClN2O2S. The molecule has 0 aromatic carbocycles. The predicted octanol–water partition coefficient (Wildman–Crippen LogP) is 2.20. The van der Waals surface area contributed by atoms with Crippen molar-refractivity contribution in [2.45, 2.75) is 37.6 Å². The van der Waals surface area contributed by atoms with Crippen LogP contribution >= 0.6 is 11.6 Å². The number of hydrogen-bond donors (Lipinski definition) is 1. The van der Waals surface area contributed by atoms with Crippen molar-refractivity contribution >= 4 is 21.6 Å². The molecule has 0 unspecified atom stereocenters. The molecule has 1 aromatic heterocycles. The first kappa shape index (κ1) is 13.4. The summed E-state index contributed by atoms with van der Waals surface area (Å²) >= 11 is 5.82. The van der Waals surface area contributed by atoms with Crippen LogP contribution in [0.15, 0.2) is 23.4 Å². The fourth-order valence-electron chi connectivity index (χ4n) is 1.05. The number of nitrogens with one attached hydrogen (secondary N) is 1. The zero-order chi connectivity index (χ0) is 12.4. The van der Waals surface area contributed by atoms with Gasteiger partial charge in [-0.2, -0.15) is 0 Å².